The molecule has 0 aromatic heterocycles. The molecular weight excluding hydrogens is 314 g/mol. The van der Waals surface area contributed by atoms with E-state index in [1.165, 1.54) is 0 Å². The van der Waals surface area contributed by atoms with Crippen LogP contribution in [0.25, 0.3) is 0 Å². The van der Waals surface area contributed by atoms with Gasteiger partial charge in [-0.25, -0.2) is 5.43 Å². The van der Waals surface area contributed by atoms with E-state index in [9.17, 15) is 4.79 Å². The second-order valence-electron chi connectivity index (χ2n) is 5.42. The van der Waals surface area contributed by atoms with E-state index in [4.69, 9.17) is 5.73 Å². The van der Waals surface area contributed by atoms with Crippen molar-refractivity contribution in [2.45, 2.75) is 26.7 Å². The van der Waals surface area contributed by atoms with Gasteiger partial charge < -0.3 is 10.6 Å². The van der Waals surface area contributed by atoms with Crippen LogP contribution in [0.4, 0.5) is 5.69 Å². The van der Waals surface area contributed by atoms with Crippen molar-refractivity contribution in [2.75, 3.05) is 18.5 Å². The van der Waals surface area contributed by atoms with Crippen molar-refractivity contribution in [3.63, 3.8) is 0 Å². The van der Waals surface area contributed by atoms with Crippen molar-refractivity contribution < 1.29 is 4.79 Å². The number of amides is 1. The summed E-state index contributed by atoms with van der Waals surface area (Å²) < 4.78 is 0. The van der Waals surface area contributed by atoms with Gasteiger partial charge in [0, 0.05) is 31.6 Å². The molecule has 23 heavy (non-hydrogen) atoms. The highest BCUT2D eigenvalue weighted by molar-refractivity contribution is 6.06. The number of hydrogen-bond acceptors (Lipinski definition) is 3. The highest BCUT2D eigenvalue weighted by Gasteiger charge is 2.21. The third-order valence-corrected chi connectivity index (χ3v) is 3.69. The number of aliphatic imine (C=N–C) groups is 1. The Labute approximate surface area is 143 Å². The Kier molecular flexibility index (Phi) is 7.03. The Morgan fingerprint density at radius 3 is 2.61 bits per heavy atom. The number of halogens is 1. The Balaban J connectivity index is 0.00000264. The molecule has 0 radical (unpaired) electrons. The molecule has 1 aliphatic heterocycles. The number of carbonyl (C=O) groups is 1. The number of anilines is 1. The van der Waals surface area contributed by atoms with E-state index in [0.717, 1.165) is 29.9 Å². The molecule has 1 unspecified atom stereocenters. The first kappa shape index (κ1) is 19.0. The molecule has 1 atom stereocenters. The highest BCUT2D eigenvalue weighted by Crippen LogP contribution is 2.20. The van der Waals surface area contributed by atoms with Crippen LogP contribution >= 0.6 is 12.4 Å². The Morgan fingerprint density at radius 1 is 1.43 bits per heavy atom. The number of benzene rings is 1. The van der Waals surface area contributed by atoms with Gasteiger partial charge in [-0.05, 0) is 24.1 Å². The van der Waals surface area contributed by atoms with Crippen LogP contribution in [-0.2, 0) is 4.79 Å². The minimum Gasteiger partial charge on any atom is -0.370 e. The quantitative estimate of drug-likeness (QED) is 0.652. The van der Waals surface area contributed by atoms with Crippen LogP contribution in [0, 0.1) is 5.92 Å². The summed E-state index contributed by atoms with van der Waals surface area (Å²) in [5.41, 5.74) is 11.4. The Morgan fingerprint density at radius 2 is 2.09 bits per heavy atom. The number of nitrogens with two attached hydrogens (primary N) is 1. The number of guanidine groups is 1. The Hall–Kier alpha value is -2.08. The second kappa shape index (κ2) is 8.53. The smallest absolute Gasteiger partial charge is 0.240 e. The lowest BCUT2D eigenvalue weighted by molar-refractivity contribution is -0.121. The number of carbonyl (C=O) groups excluding carboxylic acids is 1. The first-order valence-electron chi connectivity index (χ1n) is 7.53. The van der Waals surface area contributed by atoms with Crippen LogP contribution in [0.3, 0.4) is 0 Å². The van der Waals surface area contributed by atoms with Gasteiger partial charge in [0.15, 0.2) is 5.96 Å². The molecule has 6 nitrogen and oxygen atoms in total. The number of rotatable bonds is 4. The number of nitrogens with zero attached hydrogens (tertiary/aromatic N) is 3. The fraction of sp³-hybridized carbons (Fsp3) is 0.438. The standard InChI is InChI=1S/C16H23N5O.ClH/c1-4-9-21(16(17)18-3)13-7-5-12(6-8-13)15-11(2)10-14(22)19-20-15;/h5-8,11H,4,9-10H2,1-3H3,(H2,17,18)(H,19,22);1H. The molecule has 7 heteroatoms. The summed E-state index contributed by atoms with van der Waals surface area (Å²) in [5, 5.41) is 4.18. The van der Waals surface area contributed by atoms with Crippen molar-refractivity contribution in [3.05, 3.63) is 29.8 Å². The zero-order valence-corrected chi connectivity index (χ0v) is 14.6. The number of hydrogen-bond donors (Lipinski definition) is 2. The van der Waals surface area contributed by atoms with Gasteiger partial charge in [0.1, 0.15) is 0 Å². The van der Waals surface area contributed by atoms with Crippen LogP contribution in [0.5, 0.6) is 0 Å². The van der Waals surface area contributed by atoms with E-state index in [2.05, 4.69) is 22.4 Å². The normalized spacial score (nSPS) is 17.9. The van der Waals surface area contributed by atoms with E-state index >= 15 is 0 Å². The van der Waals surface area contributed by atoms with E-state index in [0.29, 0.717) is 12.4 Å². The van der Waals surface area contributed by atoms with Crippen molar-refractivity contribution in [3.8, 4) is 0 Å². The lowest BCUT2D eigenvalue weighted by atomic mass is 9.94. The third kappa shape index (κ3) is 4.45. The van der Waals surface area contributed by atoms with E-state index in [1.54, 1.807) is 7.05 Å². The molecule has 0 aliphatic carbocycles. The van der Waals surface area contributed by atoms with Gasteiger partial charge >= 0.3 is 0 Å². The predicted octanol–water partition coefficient (Wildman–Crippen LogP) is 2.13. The average molecular weight is 338 g/mol. The van der Waals surface area contributed by atoms with Gasteiger partial charge in [0.2, 0.25) is 5.91 Å². The number of hydrazone groups is 1. The molecule has 1 heterocycles. The summed E-state index contributed by atoms with van der Waals surface area (Å²) in [6, 6.07) is 8.03. The van der Waals surface area contributed by atoms with E-state index in [1.807, 2.05) is 36.1 Å². The monoisotopic (exact) mass is 337 g/mol. The zero-order valence-electron chi connectivity index (χ0n) is 13.7. The SMILES string of the molecule is CCCN(C(N)=NC)c1ccc(C2=NNC(=O)CC2C)cc1.Cl. The molecule has 2 rings (SSSR count). The fourth-order valence-electron chi connectivity index (χ4n) is 2.53. The number of nitrogens with one attached hydrogen (secondary N) is 1. The first-order valence-corrected chi connectivity index (χ1v) is 7.53. The molecule has 1 aliphatic rings. The maximum absolute atomic E-state index is 11.3. The summed E-state index contributed by atoms with van der Waals surface area (Å²) in [5.74, 6) is 0.591. The van der Waals surface area contributed by atoms with E-state index < -0.39 is 0 Å². The van der Waals surface area contributed by atoms with Gasteiger partial charge in [-0.3, -0.25) is 9.79 Å². The lowest BCUT2D eigenvalue weighted by Crippen LogP contribution is -2.38. The van der Waals surface area contributed by atoms with Crippen molar-refractivity contribution in [1.29, 1.82) is 0 Å². The maximum Gasteiger partial charge on any atom is 0.240 e. The topological polar surface area (TPSA) is 83.1 Å². The molecule has 0 fully saturated rings. The van der Waals surface area contributed by atoms with Crippen molar-refractivity contribution in [2.24, 2.45) is 21.7 Å². The highest BCUT2D eigenvalue weighted by atomic mass is 35.5. The van der Waals surface area contributed by atoms with Gasteiger partial charge in [-0.15, -0.1) is 12.4 Å². The molecule has 1 aromatic carbocycles. The lowest BCUT2D eigenvalue weighted by Gasteiger charge is -2.24. The molecule has 1 aromatic rings. The molecule has 0 saturated carbocycles. The van der Waals surface area contributed by atoms with Crippen LogP contribution in [0.1, 0.15) is 32.3 Å². The average Bonchev–Trinajstić information content (AvgIpc) is 2.52. The van der Waals surface area contributed by atoms with E-state index in [-0.39, 0.29) is 24.2 Å². The van der Waals surface area contributed by atoms with Gasteiger partial charge in [0.05, 0.1) is 5.71 Å². The summed E-state index contributed by atoms with van der Waals surface area (Å²) in [6.45, 7) is 4.93. The zero-order chi connectivity index (χ0) is 16.1. The molecule has 0 bridgehead atoms. The first-order chi connectivity index (χ1) is 10.6. The van der Waals surface area contributed by atoms with Gasteiger partial charge in [-0.2, -0.15) is 5.10 Å². The Bertz CT molecular complexity index is 597. The summed E-state index contributed by atoms with van der Waals surface area (Å²) in [7, 11) is 1.69. The molecule has 1 amide bonds. The van der Waals surface area contributed by atoms with Gasteiger partial charge in [-0.1, -0.05) is 26.0 Å². The summed E-state index contributed by atoms with van der Waals surface area (Å²) in [4.78, 5) is 17.4. The van der Waals surface area contributed by atoms with Crippen LogP contribution in [0.15, 0.2) is 34.4 Å². The van der Waals surface area contributed by atoms with Crippen molar-refractivity contribution >= 4 is 35.7 Å². The molecule has 0 spiro atoms. The summed E-state index contributed by atoms with van der Waals surface area (Å²) in [6.07, 6.45) is 1.45. The minimum absolute atomic E-state index is 0. The van der Waals surface area contributed by atoms with Crippen LogP contribution in [-0.4, -0.2) is 31.2 Å². The summed E-state index contributed by atoms with van der Waals surface area (Å²) >= 11 is 0. The molecule has 126 valence electrons. The van der Waals surface area contributed by atoms with Crippen LogP contribution < -0.4 is 16.1 Å². The third-order valence-electron chi connectivity index (χ3n) is 3.69. The maximum atomic E-state index is 11.3. The minimum atomic E-state index is -0.0334. The van der Waals surface area contributed by atoms with Crippen molar-refractivity contribution in [1.82, 2.24) is 5.43 Å². The van der Waals surface area contributed by atoms with Gasteiger partial charge in [0.25, 0.3) is 0 Å². The molecular formula is C16H24ClN5O. The largest absolute Gasteiger partial charge is 0.370 e. The van der Waals surface area contributed by atoms with Crippen LogP contribution in [0.2, 0.25) is 0 Å². The molecule has 0 saturated heterocycles. The fourth-order valence-corrected chi connectivity index (χ4v) is 2.53. The molecule has 3 N–H and O–H groups in total. The predicted molar refractivity (Wildman–Crippen MR) is 97.3 cm³/mol. The second-order valence-corrected chi connectivity index (χ2v) is 5.42.